The first-order valence-corrected chi connectivity index (χ1v) is 5.56. The van der Waals surface area contributed by atoms with Gasteiger partial charge in [0, 0.05) is 12.8 Å². The van der Waals surface area contributed by atoms with Crippen molar-refractivity contribution in [2.24, 2.45) is 0 Å². The molecule has 1 saturated carbocycles. The molecule has 0 amide bonds. The molecule has 1 fully saturated rings. The molecule has 15 heavy (non-hydrogen) atoms. The number of rotatable bonds is 1. The van der Waals surface area contributed by atoms with Crippen LogP contribution in [0.15, 0.2) is 24.3 Å². The molecular weight excluding hydrogens is 188 g/mol. The van der Waals surface area contributed by atoms with Crippen LogP contribution >= 0.6 is 0 Å². The van der Waals surface area contributed by atoms with Crippen molar-refractivity contribution >= 4 is 5.78 Å². The summed E-state index contributed by atoms with van der Waals surface area (Å²) in [6.07, 6.45) is 4.52. The summed E-state index contributed by atoms with van der Waals surface area (Å²) < 4.78 is 0. The molecule has 80 valence electrons. The maximum atomic E-state index is 11.3. The van der Waals surface area contributed by atoms with Crippen molar-refractivity contribution in [3.8, 4) is 5.75 Å². The summed E-state index contributed by atoms with van der Waals surface area (Å²) >= 11 is 0. The number of ketones is 1. The third kappa shape index (κ3) is 2.58. The predicted octanol–water partition coefficient (Wildman–Crippen LogP) is 3.01. The lowest BCUT2D eigenvalue weighted by atomic mass is 9.92. The Hall–Kier alpha value is -1.31. The highest BCUT2D eigenvalue weighted by Gasteiger charge is 2.17. The fraction of sp³-hybridized carbons (Fsp3) is 0.462. The van der Waals surface area contributed by atoms with E-state index in [2.05, 4.69) is 0 Å². The summed E-state index contributed by atoms with van der Waals surface area (Å²) in [5.74, 6) is 1.21. The maximum Gasteiger partial charge on any atom is 0.132 e. The summed E-state index contributed by atoms with van der Waals surface area (Å²) in [6.45, 7) is 0. The van der Waals surface area contributed by atoms with Gasteiger partial charge in [0.1, 0.15) is 11.5 Å². The highest BCUT2D eigenvalue weighted by Crippen LogP contribution is 2.31. The van der Waals surface area contributed by atoms with Crippen molar-refractivity contribution in [2.45, 2.75) is 38.0 Å². The lowest BCUT2D eigenvalue weighted by Gasteiger charge is -2.13. The first-order valence-electron chi connectivity index (χ1n) is 5.56. The van der Waals surface area contributed by atoms with Gasteiger partial charge in [0.15, 0.2) is 0 Å². The highest BCUT2D eigenvalue weighted by atomic mass is 16.3. The standard InChI is InChI=1S/C13H16O2/c14-12-3-1-2-10(4-7-12)11-5-8-13(15)9-6-11/h5-6,8-10,15H,1-4,7H2/t10-/m1/s1. The topological polar surface area (TPSA) is 37.3 Å². The van der Waals surface area contributed by atoms with Crippen LogP contribution in [0.4, 0.5) is 0 Å². The second kappa shape index (κ2) is 4.47. The molecule has 0 spiro atoms. The maximum absolute atomic E-state index is 11.3. The van der Waals surface area contributed by atoms with E-state index in [9.17, 15) is 9.90 Å². The number of phenols is 1. The minimum Gasteiger partial charge on any atom is -0.508 e. The Morgan fingerprint density at radius 1 is 1.07 bits per heavy atom. The third-order valence-corrected chi connectivity index (χ3v) is 3.14. The SMILES string of the molecule is O=C1CCC[C@@H](c2ccc(O)cc2)CC1. The number of hydrogen-bond donors (Lipinski definition) is 1. The number of carbonyl (C=O) groups is 1. The molecule has 1 aliphatic carbocycles. The van der Waals surface area contributed by atoms with Crippen LogP contribution < -0.4 is 0 Å². The third-order valence-electron chi connectivity index (χ3n) is 3.14. The minimum absolute atomic E-state index is 0.309. The van der Waals surface area contributed by atoms with Crippen LogP contribution in [0.1, 0.15) is 43.6 Å². The van der Waals surface area contributed by atoms with E-state index in [1.807, 2.05) is 12.1 Å². The van der Waals surface area contributed by atoms with Gasteiger partial charge in [-0.3, -0.25) is 4.79 Å². The van der Waals surface area contributed by atoms with Gasteiger partial charge in [0.05, 0.1) is 0 Å². The summed E-state index contributed by atoms with van der Waals surface area (Å²) in [6, 6.07) is 7.38. The van der Waals surface area contributed by atoms with E-state index in [4.69, 9.17) is 0 Å². The second-order valence-electron chi connectivity index (χ2n) is 4.26. The van der Waals surface area contributed by atoms with Crippen molar-refractivity contribution < 1.29 is 9.90 Å². The van der Waals surface area contributed by atoms with Crippen molar-refractivity contribution in [1.82, 2.24) is 0 Å². The van der Waals surface area contributed by atoms with Gasteiger partial charge >= 0.3 is 0 Å². The van der Waals surface area contributed by atoms with E-state index in [0.29, 0.717) is 23.9 Å². The van der Waals surface area contributed by atoms with Gasteiger partial charge in [-0.2, -0.15) is 0 Å². The lowest BCUT2D eigenvalue weighted by Crippen LogP contribution is -1.97. The smallest absolute Gasteiger partial charge is 0.132 e. The molecule has 0 aliphatic heterocycles. The van der Waals surface area contributed by atoms with Gasteiger partial charge in [-0.15, -0.1) is 0 Å². The molecule has 0 unspecified atom stereocenters. The largest absolute Gasteiger partial charge is 0.508 e. The molecule has 1 aromatic carbocycles. The zero-order valence-corrected chi connectivity index (χ0v) is 8.78. The van der Waals surface area contributed by atoms with Crippen LogP contribution in [-0.2, 0) is 4.79 Å². The van der Waals surface area contributed by atoms with Crippen molar-refractivity contribution in [3.63, 3.8) is 0 Å². The number of hydrogen-bond acceptors (Lipinski definition) is 2. The molecule has 2 rings (SSSR count). The minimum atomic E-state index is 0.309. The molecule has 0 radical (unpaired) electrons. The lowest BCUT2D eigenvalue weighted by molar-refractivity contribution is -0.118. The fourth-order valence-corrected chi connectivity index (χ4v) is 2.23. The summed E-state index contributed by atoms with van der Waals surface area (Å²) in [5.41, 5.74) is 1.25. The number of carbonyl (C=O) groups excluding carboxylic acids is 1. The van der Waals surface area contributed by atoms with Crippen LogP contribution in [-0.4, -0.2) is 10.9 Å². The molecule has 2 heteroatoms. The predicted molar refractivity (Wildman–Crippen MR) is 58.9 cm³/mol. The number of Topliss-reactive ketones (excluding diaryl/α,β-unsaturated/α-hetero) is 1. The number of aromatic hydroxyl groups is 1. The van der Waals surface area contributed by atoms with Crippen molar-refractivity contribution in [1.29, 1.82) is 0 Å². The van der Waals surface area contributed by atoms with Gasteiger partial charge in [-0.1, -0.05) is 12.1 Å². The van der Waals surface area contributed by atoms with Crippen LogP contribution in [0.2, 0.25) is 0 Å². The van der Waals surface area contributed by atoms with E-state index in [0.717, 1.165) is 25.7 Å². The monoisotopic (exact) mass is 204 g/mol. The summed E-state index contributed by atoms with van der Waals surface area (Å²) in [5, 5.41) is 9.20. The molecule has 1 aromatic rings. The molecule has 1 atom stereocenters. The number of benzene rings is 1. The summed E-state index contributed by atoms with van der Waals surface area (Å²) in [4.78, 5) is 11.3. The Labute approximate surface area is 89.9 Å². The molecule has 2 nitrogen and oxygen atoms in total. The van der Waals surface area contributed by atoms with Crippen LogP contribution in [0.5, 0.6) is 5.75 Å². The van der Waals surface area contributed by atoms with Crippen LogP contribution in [0.3, 0.4) is 0 Å². The molecule has 0 bridgehead atoms. The van der Waals surface area contributed by atoms with E-state index in [-0.39, 0.29) is 0 Å². The molecule has 1 N–H and O–H groups in total. The Bertz CT molecular complexity index is 340. The Balaban J connectivity index is 2.09. The molecule has 0 heterocycles. The Kier molecular flexibility index (Phi) is 3.05. The number of phenolic OH excluding ortho intramolecular Hbond substituents is 1. The normalized spacial score (nSPS) is 22.4. The average molecular weight is 204 g/mol. The van der Waals surface area contributed by atoms with E-state index in [1.54, 1.807) is 12.1 Å². The van der Waals surface area contributed by atoms with Crippen LogP contribution in [0, 0.1) is 0 Å². The molecule has 0 saturated heterocycles. The highest BCUT2D eigenvalue weighted by molar-refractivity contribution is 5.78. The Morgan fingerprint density at radius 3 is 2.53 bits per heavy atom. The fourth-order valence-electron chi connectivity index (χ4n) is 2.23. The molecule has 0 aromatic heterocycles. The van der Waals surface area contributed by atoms with Gasteiger partial charge in [0.25, 0.3) is 0 Å². The zero-order valence-electron chi connectivity index (χ0n) is 8.78. The van der Waals surface area contributed by atoms with Gasteiger partial charge in [-0.25, -0.2) is 0 Å². The summed E-state index contributed by atoms with van der Waals surface area (Å²) in [7, 11) is 0. The quantitative estimate of drug-likeness (QED) is 0.714. The van der Waals surface area contributed by atoms with Crippen molar-refractivity contribution in [3.05, 3.63) is 29.8 Å². The Morgan fingerprint density at radius 2 is 1.80 bits per heavy atom. The van der Waals surface area contributed by atoms with Gasteiger partial charge < -0.3 is 5.11 Å². The van der Waals surface area contributed by atoms with E-state index >= 15 is 0 Å². The van der Waals surface area contributed by atoms with E-state index in [1.165, 1.54) is 5.56 Å². The van der Waals surface area contributed by atoms with Crippen LogP contribution in [0.25, 0.3) is 0 Å². The first-order chi connectivity index (χ1) is 7.25. The molecular formula is C13H16O2. The van der Waals surface area contributed by atoms with Gasteiger partial charge in [0.2, 0.25) is 0 Å². The molecule has 1 aliphatic rings. The first kappa shape index (κ1) is 10.2. The van der Waals surface area contributed by atoms with Gasteiger partial charge in [-0.05, 0) is 42.9 Å². The van der Waals surface area contributed by atoms with E-state index < -0.39 is 0 Å². The van der Waals surface area contributed by atoms with Crippen molar-refractivity contribution in [2.75, 3.05) is 0 Å². The average Bonchev–Trinajstić information content (AvgIpc) is 2.44. The second-order valence-corrected chi connectivity index (χ2v) is 4.26. The zero-order chi connectivity index (χ0) is 10.7.